The van der Waals surface area contributed by atoms with Crippen molar-refractivity contribution < 1.29 is 4.79 Å². The van der Waals surface area contributed by atoms with E-state index in [2.05, 4.69) is 48.3 Å². The van der Waals surface area contributed by atoms with Gasteiger partial charge < -0.3 is 10.2 Å². The molecular formula is C19H31N3O. The van der Waals surface area contributed by atoms with Gasteiger partial charge in [0.15, 0.2) is 0 Å². The van der Waals surface area contributed by atoms with Crippen LogP contribution in [0.3, 0.4) is 0 Å². The summed E-state index contributed by atoms with van der Waals surface area (Å²) in [6.45, 7) is 7.94. The van der Waals surface area contributed by atoms with E-state index in [-0.39, 0.29) is 5.91 Å². The third kappa shape index (κ3) is 5.63. The van der Waals surface area contributed by atoms with Crippen molar-refractivity contribution in [3.63, 3.8) is 0 Å². The Balaban J connectivity index is 1.71. The molecule has 4 heteroatoms. The van der Waals surface area contributed by atoms with Gasteiger partial charge in [0, 0.05) is 39.8 Å². The Morgan fingerprint density at radius 2 is 1.83 bits per heavy atom. The molecule has 0 atom stereocenters. The lowest BCUT2D eigenvalue weighted by Gasteiger charge is -2.32. The molecule has 1 amide bonds. The summed E-state index contributed by atoms with van der Waals surface area (Å²) in [6, 6.07) is 9.49. The van der Waals surface area contributed by atoms with Crippen LogP contribution in [0.4, 0.5) is 0 Å². The number of nitrogens with one attached hydrogen (secondary N) is 1. The third-order valence-electron chi connectivity index (χ3n) is 4.69. The number of benzene rings is 1. The van der Waals surface area contributed by atoms with Crippen molar-refractivity contribution in [2.75, 3.05) is 33.7 Å². The summed E-state index contributed by atoms with van der Waals surface area (Å²) in [4.78, 5) is 15.7. The van der Waals surface area contributed by atoms with Gasteiger partial charge in [0.25, 0.3) is 0 Å². The highest BCUT2D eigenvalue weighted by atomic mass is 16.2. The van der Waals surface area contributed by atoms with Crippen LogP contribution >= 0.6 is 0 Å². The van der Waals surface area contributed by atoms with Gasteiger partial charge in [0.1, 0.15) is 0 Å². The smallest absolute Gasteiger partial charge is 0.236 e. The zero-order valence-electron chi connectivity index (χ0n) is 15.0. The molecule has 1 N–H and O–H groups in total. The topological polar surface area (TPSA) is 35.6 Å². The SMILES string of the molecule is CC(C)c1ccc(CNC2CCN(CC(=O)N(C)C)CC2)cc1. The predicted molar refractivity (Wildman–Crippen MR) is 95.5 cm³/mol. The minimum absolute atomic E-state index is 0.196. The minimum Gasteiger partial charge on any atom is -0.348 e. The molecular weight excluding hydrogens is 286 g/mol. The van der Waals surface area contributed by atoms with E-state index in [1.807, 2.05) is 14.1 Å². The largest absolute Gasteiger partial charge is 0.348 e. The van der Waals surface area contributed by atoms with Crippen LogP contribution in [0.25, 0.3) is 0 Å². The van der Waals surface area contributed by atoms with E-state index in [1.54, 1.807) is 4.90 Å². The number of likely N-dealkylation sites (tertiary alicyclic amines) is 1. The normalized spacial score (nSPS) is 16.7. The number of hydrogen-bond donors (Lipinski definition) is 1. The molecule has 2 rings (SSSR count). The first-order chi connectivity index (χ1) is 11.0. The molecule has 0 radical (unpaired) electrons. The Morgan fingerprint density at radius 1 is 1.22 bits per heavy atom. The summed E-state index contributed by atoms with van der Waals surface area (Å²) < 4.78 is 0. The molecule has 1 aliphatic rings. The fourth-order valence-electron chi connectivity index (χ4n) is 2.91. The van der Waals surface area contributed by atoms with Crippen LogP contribution < -0.4 is 5.32 Å². The van der Waals surface area contributed by atoms with E-state index in [4.69, 9.17) is 0 Å². The first kappa shape index (κ1) is 18.0. The summed E-state index contributed by atoms with van der Waals surface area (Å²) in [6.07, 6.45) is 2.23. The van der Waals surface area contributed by atoms with E-state index >= 15 is 0 Å². The van der Waals surface area contributed by atoms with Gasteiger partial charge in [-0.05, 0) is 29.9 Å². The van der Waals surface area contributed by atoms with Gasteiger partial charge in [-0.25, -0.2) is 0 Å². The highest BCUT2D eigenvalue weighted by molar-refractivity contribution is 5.77. The first-order valence-corrected chi connectivity index (χ1v) is 8.70. The van der Waals surface area contributed by atoms with E-state index < -0.39 is 0 Å². The number of amides is 1. The zero-order chi connectivity index (χ0) is 16.8. The maximum Gasteiger partial charge on any atom is 0.236 e. The molecule has 1 aromatic rings. The second-order valence-electron chi connectivity index (χ2n) is 7.12. The van der Waals surface area contributed by atoms with Crippen LogP contribution in [-0.4, -0.2) is 55.5 Å². The van der Waals surface area contributed by atoms with E-state index in [0.717, 1.165) is 32.5 Å². The molecule has 4 nitrogen and oxygen atoms in total. The Labute approximate surface area is 140 Å². The van der Waals surface area contributed by atoms with Gasteiger partial charge in [0.05, 0.1) is 6.54 Å². The molecule has 1 saturated heterocycles. The molecule has 0 spiro atoms. The average Bonchev–Trinajstić information content (AvgIpc) is 2.54. The average molecular weight is 317 g/mol. The van der Waals surface area contributed by atoms with E-state index in [1.165, 1.54) is 11.1 Å². The summed E-state index contributed by atoms with van der Waals surface area (Å²) in [5, 5.41) is 3.66. The van der Waals surface area contributed by atoms with Gasteiger partial charge in [-0.3, -0.25) is 9.69 Å². The Hall–Kier alpha value is -1.39. The van der Waals surface area contributed by atoms with Gasteiger partial charge in [0.2, 0.25) is 5.91 Å². The van der Waals surface area contributed by atoms with Crippen LogP contribution in [-0.2, 0) is 11.3 Å². The molecule has 1 heterocycles. The highest BCUT2D eigenvalue weighted by Crippen LogP contribution is 2.15. The van der Waals surface area contributed by atoms with E-state index in [0.29, 0.717) is 18.5 Å². The fraction of sp³-hybridized carbons (Fsp3) is 0.632. The lowest BCUT2D eigenvalue weighted by Crippen LogP contribution is -2.45. The molecule has 1 aromatic carbocycles. The number of likely N-dealkylation sites (N-methyl/N-ethyl adjacent to an activating group) is 1. The fourth-order valence-corrected chi connectivity index (χ4v) is 2.91. The van der Waals surface area contributed by atoms with Crippen molar-refractivity contribution in [1.29, 1.82) is 0 Å². The number of hydrogen-bond acceptors (Lipinski definition) is 3. The number of rotatable bonds is 6. The lowest BCUT2D eigenvalue weighted by molar-refractivity contribution is -0.130. The summed E-state index contributed by atoms with van der Waals surface area (Å²) in [5.41, 5.74) is 2.74. The molecule has 23 heavy (non-hydrogen) atoms. The highest BCUT2D eigenvalue weighted by Gasteiger charge is 2.20. The van der Waals surface area contributed by atoms with E-state index in [9.17, 15) is 4.79 Å². The third-order valence-corrected chi connectivity index (χ3v) is 4.69. The van der Waals surface area contributed by atoms with Crippen molar-refractivity contribution in [2.45, 2.75) is 45.2 Å². The van der Waals surface area contributed by atoms with Crippen molar-refractivity contribution in [2.24, 2.45) is 0 Å². The molecule has 1 aliphatic heterocycles. The predicted octanol–water partition coefficient (Wildman–Crippen LogP) is 2.45. The van der Waals surface area contributed by atoms with Crippen molar-refractivity contribution >= 4 is 5.91 Å². The zero-order valence-corrected chi connectivity index (χ0v) is 15.0. The van der Waals surface area contributed by atoms with Gasteiger partial charge >= 0.3 is 0 Å². The Morgan fingerprint density at radius 3 is 2.35 bits per heavy atom. The molecule has 0 saturated carbocycles. The van der Waals surface area contributed by atoms with Crippen LogP contribution in [0.2, 0.25) is 0 Å². The standard InChI is InChI=1S/C19H31N3O/c1-15(2)17-7-5-16(6-8-17)13-20-18-9-11-22(12-10-18)14-19(23)21(3)4/h5-8,15,18,20H,9-14H2,1-4H3. The Bertz CT molecular complexity index is 488. The minimum atomic E-state index is 0.196. The summed E-state index contributed by atoms with van der Waals surface area (Å²) in [7, 11) is 3.64. The van der Waals surface area contributed by atoms with Crippen LogP contribution in [0, 0.1) is 0 Å². The molecule has 0 aromatic heterocycles. The van der Waals surface area contributed by atoms with Crippen molar-refractivity contribution in [3.05, 3.63) is 35.4 Å². The van der Waals surface area contributed by atoms with Gasteiger partial charge in [-0.2, -0.15) is 0 Å². The second kappa shape index (κ2) is 8.46. The molecule has 0 bridgehead atoms. The number of carbonyl (C=O) groups is 1. The second-order valence-corrected chi connectivity index (χ2v) is 7.12. The molecule has 128 valence electrons. The van der Waals surface area contributed by atoms with Crippen LogP contribution in [0.5, 0.6) is 0 Å². The number of piperidine rings is 1. The lowest BCUT2D eigenvalue weighted by atomic mass is 10.0. The van der Waals surface area contributed by atoms with Crippen LogP contribution in [0.15, 0.2) is 24.3 Å². The molecule has 1 fully saturated rings. The first-order valence-electron chi connectivity index (χ1n) is 8.70. The molecule has 0 aliphatic carbocycles. The quantitative estimate of drug-likeness (QED) is 0.875. The maximum atomic E-state index is 11.7. The maximum absolute atomic E-state index is 11.7. The van der Waals surface area contributed by atoms with Gasteiger partial charge in [-0.1, -0.05) is 38.1 Å². The van der Waals surface area contributed by atoms with Gasteiger partial charge in [-0.15, -0.1) is 0 Å². The molecule has 0 unspecified atom stereocenters. The van der Waals surface area contributed by atoms with Crippen molar-refractivity contribution in [3.8, 4) is 0 Å². The summed E-state index contributed by atoms with van der Waals surface area (Å²) in [5.74, 6) is 0.785. The monoisotopic (exact) mass is 317 g/mol. The Kier molecular flexibility index (Phi) is 6.60. The number of nitrogens with zero attached hydrogens (tertiary/aromatic N) is 2. The summed E-state index contributed by atoms with van der Waals surface area (Å²) >= 11 is 0. The number of carbonyl (C=O) groups excluding carboxylic acids is 1. The van der Waals surface area contributed by atoms with Crippen LogP contribution in [0.1, 0.15) is 43.7 Å². The van der Waals surface area contributed by atoms with Crippen molar-refractivity contribution in [1.82, 2.24) is 15.1 Å².